The minimum atomic E-state index is -0.976. The summed E-state index contributed by atoms with van der Waals surface area (Å²) in [6.07, 6.45) is 1.46. The van der Waals surface area contributed by atoms with E-state index < -0.39 is 29.7 Å². The van der Waals surface area contributed by atoms with Crippen LogP contribution in [0.1, 0.15) is 71.9 Å². The molecule has 6 nitrogen and oxygen atoms in total. The number of carbonyl (C=O) groups excluding carboxylic acids is 2. The maximum atomic E-state index is 13.9. The van der Waals surface area contributed by atoms with E-state index in [1.54, 1.807) is 23.1 Å². The molecular formula is C29H39F2N3O3. The van der Waals surface area contributed by atoms with Crippen LogP contribution < -0.4 is 10.6 Å². The molecule has 0 radical (unpaired) electrons. The molecule has 2 aromatic rings. The van der Waals surface area contributed by atoms with Crippen LogP contribution in [-0.4, -0.2) is 59.6 Å². The Balaban J connectivity index is 1.86. The molecule has 0 bridgehead atoms. The Morgan fingerprint density at radius 3 is 2.24 bits per heavy atom. The van der Waals surface area contributed by atoms with Crippen molar-refractivity contribution < 1.29 is 23.5 Å². The monoisotopic (exact) mass is 515 g/mol. The fraction of sp³-hybridized carbons (Fsp3) is 0.517. The van der Waals surface area contributed by atoms with E-state index in [2.05, 4.69) is 17.6 Å². The highest BCUT2D eigenvalue weighted by molar-refractivity contribution is 6.00. The summed E-state index contributed by atoms with van der Waals surface area (Å²) in [5, 5.41) is 17.3. The van der Waals surface area contributed by atoms with E-state index in [-0.39, 0.29) is 18.4 Å². The third-order valence-corrected chi connectivity index (χ3v) is 6.76. The Bertz CT molecular complexity index is 1070. The smallest absolute Gasteiger partial charge is 0.253 e. The van der Waals surface area contributed by atoms with Gasteiger partial charge >= 0.3 is 0 Å². The van der Waals surface area contributed by atoms with Gasteiger partial charge in [0.15, 0.2) is 0 Å². The van der Waals surface area contributed by atoms with Crippen LogP contribution in [0.5, 0.6) is 0 Å². The maximum Gasteiger partial charge on any atom is 0.253 e. The van der Waals surface area contributed by atoms with E-state index in [1.807, 2.05) is 20.8 Å². The Labute approximate surface area is 218 Å². The van der Waals surface area contributed by atoms with Crippen LogP contribution in [0.25, 0.3) is 0 Å². The average Bonchev–Trinajstić information content (AvgIpc) is 3.27. The molecule has 2 amide bonds. The third-order valence-electron chi connectivity index (χ3n) is 6.76. The summed E-state index contributed by atoms with van der Waals surface area (Å²) in [6, 6.07) is 7.18. The van der Waals surface area contributed by atoms with Crippen molar-refractivity contribution in [3.8, 4) is 0 Å². The normalized spacial score (nSPS) is 18.9. The fourth-order valence-electron chi connectivity index (χ4n) is 5.06. The number of halogens is 2. The first kappa shape index (κ1) is 28.7. The minimum absolute atomic E-state index is 0.0481. The molecule has 2 aromatic carbocycles. The molecule has 3 N–H and O–H groups in total. The second-order valence-corrected chi connectivity index (χ2v) is 10.3. The van der Waals surface area contributed by atoms with Gasteiger partial charge in [-0.15, -0.1) is 0 Å². The van der Waals surface area contributed by atoms with Crippen LogP contribution in [-0.2, 0) is 6.42 Å². The summed E-state index contributed by atoms with van der Waals surface area (Å²) in [5.41, 5.74) is 1.83. The summed E-state index contributed by atoms with van der Waals surface area (Å²) in [5.74, 6) is -1.65. The van der Waals surface area contributed by atoms with Crippen LogP contribution in [0.15, 0.2) is 36.4 Å². The topological polar surface area (TPSA) is 81.7 Å². The molecule has 4 atom stereocenters. The van der Waals surface area contributed by atoms with Gasteiger partial charge in [-0.3, -0.25) is 9.59 Å². The molecule has 0 saturated carbocycles. The van der Waals surface area contributed by atoms with Gasteiger partial charge in [0.05, 0.1) is 12.1 Å². The van der Waals surface area contributed by atoms with Gasteiger partial charge in [0.2, 0.25) is 0 Å². The molecule has 8 heteroatoms. The Hall–Kier alpha value is -2.84. The third kappa shape index (κ3) is 7.82. The summed E-state index contributed by atoms with van der Waals surface area (Å²) in [7, 11) is 0. The average molecular weight is 516 g/mol. The summed E-state index contributed by atoms with van der Waals surface area (Å²) in [6.45, 7) is 9.93. The Morgan fingerprint density at radius 1 is 1.05 bits per heavy atom. The minimum Gasteiger partial charge on any atom is -0.389 e. The summed E-state index contributed by atoms with van der Waals surface area (Å²) < 4.78 is 27.7. The van der Waals surface area contributed by atoms with Gasteiger partial charge < -0.3 is 20.6 Å². The number of aliphatic hydroxyl groups excluding tert-OH is 1. The van der Waals surface area contributed by atoms with Crippen molar-refractivity contribution in [2.75, 3.05) is 19.6 Å². The predicted octanol–water partition coefficient (Wildman–Crippen LogP) is 4.24. The van der Waals surface area contributed by atoms with E-state index in [1.165, 1.54) is 12.1 Å². The van der Waals surface area contributed by atoms with Crippen molar-refractivity contribution in [1.29, 1.82) is 0 Å². The van der Waals surface area contributed by atoms with Crippen molar-refractivity contribution in [3.63, 3.8) is 0 Å². The summed E-state index contributed by atoms with van der Waals surface area (Å²) in [4.78, 5) is 28.3. The van der Waals surface area contributed by atoms with Crippen molar-refractivity contribution in [3.05, 3.63) is 70.3 Å². The highest BCUT2D eigenvalue weighted by Gasteiger charge is 2.34. The second-order valence-electron chi connectivity index (χ2n) is 10.3. The molecule has 1 fully saturated rings. The number of hydrogen-bond acceptors (Lipinski definition) is 4. The van der Waals surface area contributed by atoms with Gasteiger partial charge in [-0.05, 0) is 86.5 Å². The zero-order valence-corrected chi connectivity index (χ0v) is 22.2. The van der Waals surface area contributed by atoms with E-state index in [0.717, 1.165) is 37.4 Å². The Morgan fingerprint density at radius 2 is 1.68 bits per heavy atom. The van der Waals surface area contributed by atoms with Crippen LogP contribution in [0.3, 0.4) is 0 Å². The van der Waals surface area contributed by atoms with Crippen LogP contribution in [0.4, 0.5) is 8.78 Å². The first-order chi connectivity index (χ1) is 17.6. The fourth-order valence-corrected chi connectivity index (χ4v) is 5.06. The van der Waals surface area contributed by atoms with Crippen LogP contribution >= 0.6 is 0 Å². The SMILES string of the molecule is CCCN(CCC)C(=O)c1cc(C)cc(C(=O)N[C@@H](Cc2cc(F)cc(F)c2)[C@H](O)[C@H]2C[C@@H](C)CN2)c1. The number of benzene rings is 2. The zero-order valence-electron chi connectivity index (χ0n) is 22.2. The second kappa shape index (κ2) is 13.1. The number of nitrogens with one attached hydrogen (secondary N) is 2. The van der Waals surface area contributed by atoms with Crippen molar-refractivity contribution >= 4 is 11.8 Å². The van der Waals surface area contributed by atoms with Gasteiger partial charge in [0, 0.05) is 36.3 Å². The van der Waals surface area contributed by atoms with Gasteiger partial charge in [-0.25, -0.2) is 8.78 Å². The number of rotatable bonds is 11. The first-order valence-corrected chi connectivity index (χ1v) is 13.2. The largest absolute Gasteiger partial charge is 0.389 e. The summed E-state index contributed by atoms with van der Waals surface area (Å²) >= 11 is 0. The molecule has 0 spiro atoms. The lowest BCUT2D eigenvalue weighted by Crippen LogP contribution is -2.52. The van der Waals surface area contributed by atoms with Gasteiger partial charge in [0.25, 0.3) is 11.8 Å². The molecule has 37 heavy (non-hydrogen) atoms. The number of aliphatic hydroxyl groups is 1. The van der Waals surface area contributed by atoms with Gasteiger partial charge in [-0.1, -0.05) is 20.8 Å². The highest BCUT2D eigenvalue weighted by atomic mass is 19.1. The highest BCUT2D eigenvalue weighted by Crippen LogP contribution is 2.21. The molecule has 1 heterocycles. The number of nitrogens with zero attached hydrogens (tertiary/aromatic N) is 1. The molecule has 1 aliphatic heterocycles. The first-order valence-electron chi connectivity index (χ1n) is 13.2. The standard InChI is InChI=1S/C29H39F2N3O3/c1-5-7-34(8-6-2)29(37)22-10-18(3)9-21(15-22)28(36)33-26(27(35)25-11-19(4)17-32-25)14-20-12-23(30)16-24(31)13-20/h9-10,12-13,15-16,19,25-27,32,35H,5-8,11,14,17H2,1-4H3,(H,33,36)/t19-,25-,26+,27-/m1/s1. The van der Waals surface area contributed by atoms with E-state index in [4.69, 9.17) is 0 Å². The van der Waals surface area contributed by atoms with E-state index >= 15 is 0 Å². The molecular weight excluding hydrogens is 476 g/mol. The Kier molecular flexibility index (Phi) is 10.2. The van der Waals surface area contributed by atoms with E-state index in [0.29, 0.717) is 35.7 Å². The molecule has 1 aliphatic rings. The van der Waals surface area contributed by atoms with Crippen LogP contribution in [0.2, 0.25) is 0 Å². The number of aryl methyl sites for hydroxylation is 1. The van der Waals surface area contributed by atoms with Gasteiger partial charge in [-0.2, -0.15) is 0 Å². The quantitative estimate of drug-likeness (QED) is 0.418. The number of amides is 2. The lowest BCUT2D eigenvalue weighted by Gasteiger charge is -2.29. The van der Waals surface area contributed by atoms with E-state index in [9.17, 15) is 23.5 Å². The molecule has 0 aromatic heterocycles. The molecule has 3 rings (SSSR count). The lowest BCUT2D eigenvalue weighted by atomic mass is 9.93. The number of carbonyl (C=O) groups is 2. The molecule has 0 aliphatic carbocycles. The predicted molar refractivity (Wildman–Crippen MR) is 141 cm³/mol. The zero-order chi connectivity index (χ0) is 27.1. The van der Waals surface area contributed by atoms with Crippen molar-refractivity contribution in [1.82, 2.24) is 15.5 Å². The molecule has 1 saturated heterocycles. The van der Waals surface area contributed by atoms with Crippen molar-refractivity contribution in [2.24, 2.45) is 5.92 Å². The van der Waals surface area contributed by atoms with Crippen LogP contribution in [0, 0.1) is 24.5 Å². The number of hydrogen-bond donors (Lipinski definition) is 3. The van der Waals surface area contributed by atoms with Crippen molar-refractivity contribution in [2.45, 2.75) is 71.6 Å². The lowest BCUT2D eigenvalue weighted by molar-refractivity contribution is 0.0733. The molecule has 202 valence electrons. The molecule has 0 unspecified atom stereocenters. The van der Waals surface area contributed by atoms with Gasteiger partial charge in [0.1, 0.15) is 11.6 Å². The maximum absolute atomic E-state index is 13.9.